The Morgan fingerprint density at radius 1 is 0.526 bits per heavy atom. The van der Waals surface area contributed by atoms with Crippen LogP contribution in [0.4, 0.5) is 0 Å². The highest BCUT2D eigenvalue weighted by atomic mass is 14.6. The van der Waals surface area contributed by atoms with Crippen molar-refractivity contribution in [2.45, 2.75) is 71.6 Å². The minimum absolute atomic E-state index is 1.02. The zero-order chi connectivity index (χ0) is 13.0. The van der Waals surface area contributed by atoms with E-state index in [1.807, 2.05) is 0 Å². The van der Waals surface area contributed by atoms with Crippen LogP contribution in [0.25, 0.3) is 0 Å². The zero-order valence-corrected chi connectivity index (χ0v) is 13.0. The minimum atomic E-state index is 1.02. The smallest absolute Gasteiger partial charge is 0.0324 e. The van der Waals surface area contributed by atoms with Gasteiger partial charge in [0, 0.05) is 0 Å². The molecule has 0 saturated heterocycles. The summed E-state index contributed by atoms with van der Waals surface area (Å²) in [5.74, 6) is 8.80. The van der Waals surface area contributed by atoms with Gasteiger partial charge in [0.15, 0.2) is 0 Å². The van der Waals surface area contributed by atoms with Crippen molar-refractivity contribution in [2.24, 2.45) is 47.3 Å². The lowest BCUT2D eigenvalue weighted by atomic mass is 9.48. The van der Waals surface area contributed by atoms with Gasteiger partial charge < -0.3 is 0 Å². The lowest BCUT2D eigenvalue weighted by molar-refractivity contribution is -0.0844. The third-order valence-corrected chi connectivity index (χ3v) is 8.11. The van der Waals surface area contributed by atoms with Crippen LogP contribution in [0.1, 0.15) is 71.6 Å². The average Bonchev–Trinajstić information content (AvgIpc) is 2.92. The van der Waals surface area contributed by atoms with Crippen molar-refractivity contribution in [3.05, 3.63) is 0 Å². The zero-order valence-electron chi connectivity index (χ0n) is 13.0. The van der Waals surface area contributed by atoms with E-state index in [2.05, 4.69) is 13.8 Å². The summed E-state index contributed by atoms with van der Waals surface area (Å²) in [5.41, 5.74) is 0. The molecule has 4 rings (SSSR count). The van der Waals surface area contributed by atoms with Crippen LogP contribution in [0.2, 0.25) is 0 Å². The highest BCUT2D eigenvalue weighted by Gasteiger charge is 2.53. The van der Waals surface area contributed by atoms with Crippen LogP contribution in [-0.2, 0) is 0 Å². The first-order valence-corrected chi connectivity index (χ1v) is 9.27. The van der Waals surface area contributed by atoms with Gasteiger partial charge in [-0.25, -0.2) is 0 Å². The van der Waals surface area contributed by atoms with Gasteiger partial charge >= 0.3 is 0 Å². The Bertz CT molecular complexity index is 333. The molecule has 0 bridgehead atoms. The van der Waals surface area contributed by atoms with E-state index in [-0.39, 0.29) is 0 Å². The Morgan fingerprint density at radius 3 is 2.11 bits per heavy atom. The summed E-state index contributed by atoms with van der Waals surface area (Å²) in [4.78, 5) is 0. The molecular formula is C19H32. The SMILES string of the molecule is CC1C2C3CCCC3CCC2C2CCCCC2[C@@H]1C. The van der Waals surface area contributed by atoms with Gasteiger partial charge in [0.25, 0.3) is 0 Å². The summed E-state index contributed by atoms with van der Waals surface area (Å²) in [6.45, 7) is 5.25. The standard InChI is InChI=1S/C19H32/c1-12-13(2)19-16-9-5-6-14(16)10-11-18(19)17-8-4-3-7-15(12)17/h12-19H,3-11H2,1-2H3/t12-,13?,14?,15?,16?,17?,18?,19?/m1/s1. The molecule has 0 N–H and O–H groups in total. The number of rotatable bonds is 0. The Kier molecular flexibility index (Phi) is 3.20. The molecule has 4 saturated carbocycles. The van der Waals surface area contributed by atoms with E-state index in [9.17, 15) is 0 Å². The summed E-state index contributed by atoms with van der Waals surface area (Å²) >= 11 is 0. The maximum absolute atomic E-state index is 2.63. The molecule has 4 fully saturated rings. The number of hydrogen-bond acceptors (Lipinski definition) is 0. The highest BCUT2D eigenvalue weighted by molar-refractivity contribution is 5.02. The van der Waals surface area contributed by atoms with Crippen LogP contribution < -0.4 is 0 Å². The van der Waals surface area contributed by atoms with Gasteiger partial charge in [0.1, 0.15) is 0 Å². The van der Waals surface area contributed by atoms with E-state index in [0.717, 1.165) is 47.3 Å². The van der Waals surface area contributed by atoms with Crippen LogP contribution in [0.15, 0.2) is 0 Å². The quantitative estimate of drug-likeness (QED) is 0.538. The molecule has 0 amide bonds. The fraction of sp³-hybridized carbons (Fsp3) is 1.00. The van der Waals surface area contributed by atoms with E-state index in [4.69, 9.17) is 0 Å². The molecule has 0 nitrogen and oxygen atoms in total. The first-order valence-electron chi connectivity index (χ1n) is 9.27. The topological polar surface area (TPSA) is 0 Å². The molecule has 0 aliphatic heterocycles. The third kappa shape index (κ3) is 1.84. The maximum atomic E-state index is 2.63. The van der Waals surface area contributed by atoms with Crippen molar-refractivity contribution < 1.29 is 0 Å². The van der Waals surface area contributed by atoms with Crippen molar-refractivity contribution in [1.29, 1.82) is 0 Å². The van der Waals surface area contributed by atoms with Gasteiger partial charge in [-0.15, -0.1) is 0 Å². The van der Waals surface area contributed by atoms with Crippen molar-refractivity contribution in [2.75, 3.05) is 0 Å². The van der Waals surface area contributed by atoms with Gasteiger partial charge in [-0.3, -0.25) is 0 Å². The van der Waals surface area contributed by atoms with Gasteiger partial charge in [0.2, 0.25) is 0 Å². The molecule has 0 spiro atoms. The first-order chi connectivity index (χ1) is 9.27. The minimum Gasteiger partial charge on any atom is -0.0620 e. The van der Waals surface area contributed by atoms with Crippen molar-refractivity contribution >= 4 is 0 Å². The lowest BCUT2D eigenvalue weighted by Crippen LogP contribution is -2.50. The fourth-order valence-electron chi connectivity index (χ4n) is 7.24. The maximum Gasteiger partial charge on any atom is -0.0324 e. The van der Waals surface area contributed by atoms with Crippen molar-refractivity contribution in [1.82, 2.24) is 0 Å². The second-order valence-electron chi connectivity index (χ2n) is 8.50. The molecule has 19 heavy (non-hydrogen) atoms. The van der Waals surface area contributed by atoms with Crippen LogP contribution in [0.3, 0.4) is 0 Å². The van der Waals surface area contributed by atoms with E-state index >= 15 is 0 Å². The first kappa shape index (κ1) is 12.7. The molecule has 7 unspecified atom stereocenters. The van der Waals surface area contributed by atoms with E-state index in [1.165, 1.54) is 6.42 Å². The largest absolute Gasteiger partial charge is 0.0620 e. The van der Waals surface area contributed by atoms with Gasteiger partial charge in [-0.2, -0.15) is 0 Å². The summed E-state index contributed by atoms with van der Waals surface area (Å²) in [6.07, 6.45) is 14.1. The fourth-order valence-corrected chi connectivity index (χ4v) is 7.24. The molecule has 0 heterocycles. The molecule has 0 radical (unpaired) electrons. The Hall–Kier alpha value is 0. The van der Waals surface area contributed by atoms with E-state index in [0.29, 0.717) is 0 Å². The van der Waals surface area contributed by atoms with Crippen LogP contribution >= 0.6 is 0 Å². The number of fused-ring (bicyclic) bond motifs is 5. The summed E-state index contributed by atoms with van der Waals surface area (Å²) in [6, 6.07) is 0. The second kappa shape index (κ2) is 4.78. The molecular weight excluding hydrogens is 228 g/mol. The Balaban J connectivity index is 1.65. The van der Waals surface area contributed by atoms with Gasteiger partial charge in [-0.1, -0.05) is 39.5 Å². The molecule has 0 heteroatoms. The van der Waals surface area contributed by atoms with E-state index in [1.54, 1.807) is 51.4 Å². The average molecular weight is 260 g/mol. The van der Waals surface area contributed by atoms with E-state index < -0.39 is 0 Å². The third-order valence-electron chi connectivity index (χ3n) is 8.11. The molecule has 8 atom stereocenters. The summed E-state index contributed by atoms with van der Waals surface area (Å²) in [7, 11) is 0. The summed E-state index contributed by atoms with van der Waals surface area (Å²) in [5, 5.41) is 0. The normalized spacial score (nSPS) is 57.2. The van der Waals surface area contributed by atoms with Crippen LogP contribution in [0.5, 0.6) is 0 Å². The second-order valence-corrected chi connectivity index (χ2v) is 8.50. The monoisotopic (exact) mass is 260 g/mol. The van der Waals surface area contributed by atoms with Gasteiger partial charge in [0.05, 0.1) is 0 Å². The van der Waals surface area contributed by atoms with Crippen LogP contribution in [-0.4, -0.2) is 0 Å². The Morgan fingerprint density at radius 2 is 1.26 bits per heavy atom. The molecule has 4 aliphatic carbocycles. The molecule has 4 aliphatic rings. The van der Waals surface area contributed by atoms with Crippen molar-refractivity contribution in [3.63, 3.8) is 0 Å². The predicted octanol–water partition coefficient (Wildman–Crippen LogP) is 5.52. The predicted molar refractivity (Wildman–Crippen MR) is 80.8 cm³/mol. The molecule has 0 aromatic carbocycles. The molecule has 0 aromatic rings. The molecule has 108 valence electrons. The Labute approximate surface area is 119 Å². The van der Waals surface area contributed by atoms with Crippen molar-refractivity contribution in [3.8, 4) is 0 Å². The summed E-state index contributed by atoms with van der Waals surface area (Å²) < 4.78 is 0. The van der Waals surface area contributed by atoms with Gasteiger partial charge in [-0.05, 0) is 79.4 Å². The lowest BCUT2D eigenvalue weighted by Gasteiger charge is -2.57. The van der Waals surface area contributed by atoms with Crippen LogP contribution in [0, 0.1) is 47.3 Å². The molecule has 0 aromatic heterocycles. The highest BCUT2D eigenvalue weighted by Crippen LogP contribution is 2.61. The number of hydrogen-bond donors (Lipinski definition) is 0.